The zero-order valence-electron chi connectivity index (χ0n) is 9.15. The van der Waals surface area contributed by atoms with Crippen LogP contribution >= 0.6 is 0 Å². The van der Waals surface area contributed by atoms with E-state index in [1.807, 2.05) is 13.8 Å². The highest BCUT2D eigenvalue weighted by Gasteiger charge is 2.33. The Morgan fingerprint density at radius 3 is 2.20 bits per heavy atom. The number of rotatable bonds is 2. The summed E-state index contributed by atoms with van der Waals surface area (Å²) in [6.45, 7) is 5.52. The van der Waals surface area contributed by atoms with Crippen molar-refractivity contribution in [3.63, 3.8) is 0 Å². The van der Waals surface area contributed by atoms with Gasteiger partial charge in [-0.1, -0.05) is 32.9 Å². The van der Waals surface area contributed by atoms with Crippen molar-refractivity contribution in [1.82, 2.24) is 0 Å². The van der Waals surface area contributed by atoms with Crippen LogP contribution in [-0.4, -0.2) is 0 Å². The van der Waals surface area contributed by atoms with Gasteiger partial charge in [0.05, 0.1) is 5.56 Å². The molecule has 1 aromatic carbocycles. The van der Waals surface area contributed by atoms with Crippen LogP contribution in [0.15, 0.2) is 18.2 Å². The first-order chi connectivity index (χ1) is 6.86. The van der Waals surface area contributed by atoms with Crippen molar-refractivity contribution in [2.24, 2.45) is 0 Å². The van der Waals surface area contributed by atoms with E-state index in [2.05, 4.69) is 0 Å². The van der Waals surface area contributed by atoms with Gasteiger partial charge in [0.15, 0.2) is 0 Å². The molecule has 0 aliphatic heterocycles. The lowest BCUT2D eigenvalue weighted by atomic mass is 9.96. The van der Waals surface area contributed by atoms with E-state index < -0.39 is 11.7 Å². The number of aryl methyl sites for hydroxylation is 1. The quantitative estimate of drug-likeness (QED) is 0.687. The molecule has 0 unspecified atom stereocenters. The molecule has 0 saturated heterocycles. The third kappa shape index (κ3) is 2.74. The zero-order chi connectivity index (χ0) is 11.6. The average Bonchev–Trinajstić information content (AvgIpc) is 2.15. The minimum Gasteiger partial charge on any atom is -0.166 e. The fourth-order valence-corrected chi connectivity index (χ4v) is 1.53. The molecule has 0 fully saturated rings. The van der Waals surface area contributed by atoms with Crippen molar-refractivity contribution in [3.05, 3.63) is 34.9 Å². The van der Waals surface area contributed by atoms with E-state index in [0.29, 0.717) is 12.0 Å². The van der Waals surface area contributed by atoms with E-state index in [0.717, 1.165) is 5.56 Å². The van der Waals surface area contributed by atoms with Crippen LogP contribution in [0.25, 0.3) is 0 Å². The van der Waals surface area contributed by atoms with Crippen molar-refractivity contribution in [1.29, 1.82) is 0 Å². The van der Waals surface area contributed by atoms with E-state index in [-0.39, 0.29) is 5.92 Å². The van der Waals surface area contributed by atoms with E-state index in [1.54, 1.807) is 19.1 Å². The van der Waals surface area contributed by atoms with Gasteiger partial charge >= 0.3 is 6.18 Å². The molecule has 0 heterocycles. The molecule has 0 aliphatic rings. The first-order valence-corrected chi connectivity index (χ1v) is 5.06. The highest BCUT2D eigenvalue weighted by molar-refractivity contribution is 5.35. The Morgan fingerprint density at radius 1 is 1.20 bits per heavy atom. The first-order valence-electron chi connectivity index (χ1n) is 5.06. The van der Waals surface area contributed by atoms with E-state index in [4.69, 9.17) is 0 Å². The molecule has 0 saturated carbocycles. The Morgan fingerprint density at radius 2 is 1.80 bits per heavy atom. The van der Waals surface area contributed by atoms with Gasteiger partial charge in [-0.2, -0.15) is 13.2 Å². The second kappa shape index (κ2) is 4.25. The summed E-state index contributed by atoms with van der Waals surface area (Å²) < 4.78 is 38.0. The van der Waals surface area contributed by atoms with Gasteiger partial charge in [0.25, 0.3) is 0 Å². The minimum atomic E-state index is -4.24. The summed E-state index contributed by atoms with van der Waals surface area (Å²) in [5.74, 6) is 0.122. The normalized spacial score (nSPS) is 12.2. The third-order valence-corrected chi connectivity index (χ3v) is 2.49. The van der Waals surface area contributed by atoms with Gasteiger partial charge in [0.1, 0.15) is 0 Å². The summed E-state index contributed by atoms with van der Waals surface area (Å²) in [5.41, 5.74) is 0.614. The van der Waals surface area contributed by atoms with Gasteiger partial charge in [0, 0.05) is 0 Å². The predicted octanol–water partition coefficient (Wildman–Crippen LogP) is 4.39. The third-order valence-electron chi connectivity index (χ3n) is 2.49. The Hall–Kier alpha value is -0.990. The number of hydrogen-bond donors (Lipinski definition) is 0. The topological polar surface area (TPSA) is 0 Å². The van der Waals surface area contributed by atoms with Crippen molar-refractivity contribution in [2.45, 2.75) is 39.3 Å². The molecule has 0 atom stereocenters. The molecule has 84 valence electrons. The van der Waals surface area contributed by atoms with Crippen LogP contribution in [0, 0.1) is 0 Å². The van der Waals surface area contributed by atoms with Crippen molar-refractivity contribution in [3.8, 4) is 0 Å². The van der Waals surface area contributed by atoms with Crippen molar-refractivity contribution < 1.29 is 13.2 Å². The van der Waals surface area contributed by atoms with E-state index in [9.17, 15) is 13.2 Å². The molecule has 15 heavy (non-hydrogen) atoms. The van der Waals surface area contributed by atoms with Crippen LogP contribution in [0.2, 0.25) is 0 Å². The van der Waals surface area contributed by atoms with Crippen LogP contribution in [0.3, 0.4) is 0 Å². The van der Waals surface area contributed by atoms with Gasteiger partial charge in [-0.05, 0) is 29.5 Å². The lowest BCUT2D eigenvalue weighted by molar-refractivity contribution is -0.138. The molecule has 0 aromatic heterocycles. The second-order valence-electron chi connectivity index (χ2n) is 3.92. The number of halogens is 3. The van der Waals surface area contributed by atoms with Crippen LogP contribution in [0.1, 0.15) is 43.4 Å². The largest absolute Gasteiger partial charge is 0.416 e. The molecular formula is C12H15F3. The highest BCUT2D eigenvalue weighted by Crippen LogP contribution is 2.34. The molecule has 0 N–H and O–H groups in total. The van der Waals surface area contributed by atoms with Crippen LogP contribution in [-0.2, 0) is 12.6 Å². The molecule has 0 aliphatic carbocycles. The Bertz CT molecular complexity index is 337. The summed E-state index contributed by atoms with van der Waals surface area (Å²) >= 11 is 0. The standard InChI is InChI=1S/C12H15F3/c1-4-9-5-6-10(8(2)3)7-11(9)12(13,14)15/h5-8H,4H2,1-3H3. The first kappa shape index (κ1) is 12.1. The smallest absolute Gasteiger partial charge is 0.166 e. The summed E-state index contributed by atoms with van der Waals surface area (Å²) in [7, 11) is 0. The van der Waals surface area contributed by atoms with Crippen LogP contribution in [0.4, 0.5) is 13.2 Å². The maximum Gasteiger partial charge on any atom is 0.416 e. The average molecular weight is 216 g/mol. The summed E-state index contributed by atoms with van der Waals surface area (Å²) in [5, 5.41) is 0. The Balaban J connectivity index is 3.26. The van der Waals surface area contributed by atoms with Gasteiger partial charge < -0.3 is 0 Å². The molecule has 3 heteroatoms. The maximum absolute atomic E-state index is 12.7. The lowest BCUT2D eigenvalue weighted by Gasteiger charge is -2.14. The molecule has 1 rings (SSSR count). The van der Waals surface area contributed by atoms with Crippen molar-refractivity contribution >= 4 is 0 Å². The molecule has 0 radical (unpaired) electrons. The Kier molecular flexibility index (Phi) is 3.42. The number of benzene rings is 1. The van der Waals surface area contributed by atoms with Crippen LogP contribution in [0.5, 0.6) is 0 Å². The maximum atomic E-state index is 12.7. The summed E-state index contributed by atoms with van der Waals surface area (Å²) in [4.78, 5) is 0. The molecular weight excluding hydrogens is 201 g/mol. The molecule has 1 aromatic rings. The predicted molar refractivity (Wildman–Crippen MR) is 54.9 cm³/mol. The molecule has 0 nitrogen and oxygen atoms in total. The summed E-state index contributed by atoms with van der Waals surface area (Å²) in [6, 6.07) is 4.63. The zero-order valence-corrected chi connectivity index (χ0v) is 9.15. The van der Waals surface area contributed by atoms with Gasteiger partial charge in [-0.3, -0.25) is 0 Å². The SMILES string of the molecule is CCc1ccc(C(C)C)cc1C(F)(F)F. The highest BCUT2D eigenvalue weighted by atomic mass is 19.4. The second-order valence-corrected chi connectivity index (χ2v) is 3.92. The van der Waals surface area contributed by atoms with E-state index >= 15 is 0 Å². The number of hydrogen-bond acceptors (Lipinski definition) is 0. The van der Waals surface area contributed by atoms with Gasteiger partial charge in [-0.25, -0.2) is 0 Å². The van der Waals surface area contributed by atoms with Crippen LogP contribution < -0.4 is 0 Å². The summed E-state index contributed by atoms with van der Waals surface area (Å²) in [6.07, 6.45) is -3.83. The monoisotopic (exact) mass is 216 g/mol. The fourth-order valence-electron chi connectivity index (χ4n) is 1.53. The number of alkyl halides is 3. The molecule has 0 amide bonds. The Labute approximate surface area is 88.1 Å². The lowest BCUT2D eigenvalue weighted by Crippen LogP contribution is -2.09. The van der Waals surface area contributed by atoms with Gasteiger partial charge in [-0.15, -0.1) is 0 Å². The molecule has 0 spiro atoms. The molecule has 0 bridgehead atoms. The minimum absolute atomic E-state index is 0.122. The van der Waals surface area contributed by atoms with Gasteiger partial charge in [0.2, 0.25) is 0 Å². The van der Waals surface area contributed by atoms with E-state index in [1.165, 1.54) is 6.07 Å². The fraction of sp³-hybridized carbons (Fsp3) is 0.500. The van der Waals surface area contributed by atoms with Crippen molar-refractivity contribution in [2.75, 3.05) is 0 Å².